The van der Waals surface area contributed by atoms with E-state index in [1.807, 2.05) is 0 Å². The predicted octanol–water partition coefficient (Wildman–Crippen LogP) is 2.11. The van der Waals surface area contributed by atoms with Crippen molar-refractivity contribution in [2.24, 2.45) is 0 Å². The number of alkyl halides is 1. The van der Waals surface area contributed by atoms with E-state index in [2.05, 4.69) is 0 Å². The summed E-state index contributed by atoms with van der Waals surface area (Å²) in [5.74, 6) is 0. The fourth-order valence-corrected chi connectivity index (χ4v) is 0.326. The van der Waals surface area contributed by atoms with E-state index in [1.165, 1.54) is 13.0 Å². The Kier molecular flexibility index (Phi) is 3.67. The standard InChI is InChI=1S/C6H10F/c1-3-4-5-6(2)7/h1,3,6H,4-5H2,2H3. The van der Waals surface area contributed by atoms with Gasteiger partial charge in [-0.1, -0.05) is 12.7 Å². The molecular weight excluding hydrogens is 91.1 g/mol. The van der Waals surface area contributed by atoms with Crippen molar-refractivity contribution < 1.29 is 4.39 Å². The van der Waals surface area contributed by atoms with Crippen LogP contribution in [0.15, 0.2) is 6.08 Å². The van der Waals surface area contributed by atoms with E-state index in [-0.39, 0.29) is 0 Å². The summed E-state index contributed by atoms with van der Waals surface area (Å²) >= 11 is 0. The van der Waals surface area contributed by atoms with Crippen LogP contribution in [0, 0.1) is 6.58 Å². The van der Waals surface area contributed by atoms with Crippen molar-refractivity contribution in [3.63, 3.8) is 0 Å². The second kappa shape index (κ2) is 3.85. The average molecular weight is 101 g/mol. The maximum atomic E-state index is 11.8. The number of rotatable bonds is 3. The van der Waals surface area contributed by atoms with Crippen LogP contribution in [0.3, 0.4) is 0 Å². The third kappa shape index (κ3) is 5.67. The Morgan fingerprint density at radius 2 is 2.43 bits per heavy atom. The topological polar surface area (TPSA) is 0 Å². The Hall–Kier alpha value is -0.330. The SMILES string of the molecule is [CH]=CCCC(C)F. The van der Waals surface area contributed by atoms with Crippen LogP contribution in [-0.4, -0.2) is 6.17 Å². The lowest BCUT2D eigenvalue weighted by atomic mass is 10.2. The molecule has 1 unspecified atom stereocenters. The van der Waals surface area contributed by atoms with Gasteiger partial charge in [0.2, 0.25) is 0 Å². The van der Waals surface area contributed by atoms with E-state index in [9.17, 15) is 4.39 Å². The molecule has 0 saturated heterocycles. The van der Waals surface area contributed by atoms with Gasteiger partial charge in [-0.15, -0.1) is 0 Å². The Labute approximate surface area is 44.0 Å². The molecular formula is C6H10F. The minimum absolute atomic E-state index is 0.552. The quantitative estimate of drug-likeness (QED) is 0.510. The first kappa shape index (κ1) is 6.67. The summed E-state index contributed by atoms with van der Waals surface area (Å²) < 4.78 is 11.8. The maximum Gasteiger partial charge on any atom is 0.0976 e. The summed E-state index contributed by atoms with van der Waals surface area (Å²) in [6.45, 7) is 6.52. The molecule has 0 fully saturated rings. The molecule has 1 heteroatoms. The summed E-state index contributed by atoms with van der Waals surface area (Å²) in [6, 6.07) is 0. The van der Waals surface area contributed by atoms with Crippen LogP contribution < -0.4 is 0 Å². The third-order valence-electron chi connectivity index (χ3n) is 0.731. The number of hydrogen-bond acceptors (Lipinski definition) is 0. The highest BCUT2D eigenvalue weighted by Crippen LogP contribution is 1.98. The van der Waals surface area contributed by atoms with Crippen molar-refractivity contribution in [1.82, 2.24) is 0 Å². The summed E-state index contributed by atoms with van der Waals surface area (Å²) in [5, 5.41) is 0. The molecule has 0 spiro atoms. The van der Waals surface area contributed by atoms with Gasteiger partial charge in [-0.3, -0.25) is 0 Å². The van der Waals surface area contributed by atoms with E-state index in [4.69, 9.17) is 6.58 Å². The smallest absolute Gasteiger partial charge is 0.0976 e. The molecule has 0 aliphatic heterocycles. The molecule has 0 aliphatic rings. The summed E-state index contributed by atoms with van der Waals surface area (Å²) in [7, 11) is 0. The van der Waals surface area contributed by atoms with Crippen molar-refractivity contribution in [3.05, 3.63) is 12.7 Å². The van der Waals surface area contributed by atoms with Gasteiger partial charge in [0, 0.05) is 0 Å². The molecule has 0 nitrogen and oxygen atoms in total. The van der Waals surface area contributed by atoms with Gasteiger partial charge in [-0.25, -0.2) is 4.39 Å². The first-order chi connectivity index (χ1) is 3.27. The fraction of sp³-hybridized carbons (Fsp3) is 0.667. The van der Waals surface area contributed by atoms with Crippen LogP contribution in [0.25, 0.3) is 0 Å². The molecule has 41 valence electrons. The predicted molar refractivity (Wildman–Crippen MR) is 28.7 cm³/mol. The summed E-state index contributed by atoms with van der Waals surface area (Å²) in [4.78, 5) is 0. The van der Waals surface area contributed by atoms with Crippen LogP contribution >= 0.6 is 0 Å². The Morgan fingerprint density at radius 1 is 1.86 bits per heavy atom. The second-order valence-corrected chi connectivity index (χ2v) is 1.59. The molecule has 0 aromatic heterocycles. The van der Waals surface area contributed by atoms with Crippen LogP contribution in [0.5, 0.6) is 0 Å². The summed E-state index contributed by atoms with van der Waals surface area (Å²) in [5.41, 5.74) is 0. The van der Waals surface area contributed by atoms with Gasteiger partial charge in [-0.05, 0) is 19.8 Å². The maximum absolute atomic E-state index is 11.8. The van der Waals surface area contributed by atoms with E-state index in [1.54, 1.807) is 0 Å². The highest BCUT2D eigenvalue weighted by Gasteiger charge is 1.91. The van der Waals surface area contributed by atoms with E-state index < -0.39 is 6.17 Å². The van der Waals surface area contributed by atoms with E-state index in [0.717, 1.165) is 0 Å². The molecule has 0 bridgehead atoms. The van der Waals surface area contributed by atoms with Crippen molar-refractivity contribution in [3.8, 4) is 0 Å². The molecule has 0 aromatic rings. The van der Waals surface area contributed by atoms with E-state index in [0.29, 0.717) is 12.8 Å². The number of hydrogen-bond donors (Lipinski definition) is 0. The molecule has 1 radical (unpaired) electrons. The lowest BCUT2D eigenvalue weighted by molar-refractivity contribution is 0.343. The lowest BCUT2D eigenvalue weighted by Gasteiger charge is -1.92. The molecule has 0 aromatic carbocycles. The Balaban J connectivity index is 2.81. The minimum Gasteiger partial charge on any atom is -0.248 e. The molecule has 1 atom stereocenters. The van der Waals surface area contributed by atoms with Gasteiger partial charge in [0.25, 0.3) is 0 Å². The molecule has 7 heavy (non-hydrogen) atoms. The molecule has 0 aliphatic carbocycles. The van der Waals surface area contributed by atoms with Gasteiger partial charge in [0.05, 0.1) is 6.17 Å². The van der Waals surface area contributed by atoms with Crippen molar-refractivity contribution in [2.75, 3.05) is 0 Å². The zero-order valence-electron chi connectivity index (χ0n) is 4.52. The van der Waals surface area contributed by atoms with Gasteiger partial charge >= 0.3 is 0 Å². The largest absolute Gasteiger partial charge is 0.248 e. The van der Waals surface area contributed by atoms with Crippen LogP contribution in [0.4, 0.5) is 4.39 Å². The molecule has 0 heterocycles. The first-order valence-corrected chi connectivity index (χ1v) is 2.45. The van der Waals surface area contributed by atoms with Crippen molar-refractivity contribution >= 4 is 0 Å². The zero-order chi connectivity index (χ0) is 5.70. The highest BCUT2D eigenvalue weighted by atomic mass is 19.1. The molecule has 0 rings (SSSR count). The van der Waals surface area contributed by atoms with Crippen LogP contribution in [0.2, 0.25) is 0 Å². The minimum atomic E-state index is -0.709. The second-order valence-electron chi connectivity index (χ2n) is 1.59. The van der Waals surface area contributed by atoms with Gasteiger partial charge in [0.1, 0.15) is 0 Å². The van der Waals surface area contributed by atoms with E-state index >= 15 is 0 Å². The van der Waals surface area contributed by atoms with Gasteiger partial charge < -0.3 is 0 Å². The Bertz CT molecular complexity index is 48.1. The summed E-state index contributed by atoms with van der Waals surface area (Å²) in [6.07, 6.45) is 2.00. The van der Waals surface area contributed by atoms with Gasteiger partial charge in [-0.2, -0.15) is 0 Å². The number of halogens is 1. The normalized spacial score (nSPS) is 13.4. The Morgan fingerprint density at radius 3 is 2.57 bits per heavy atom. The first-order valence-electron chi connectivity index (χ1n) is 2.45. The molecule has 0 saturated carbocycles. The molecule has 0 amide bonds. The average Bonchev–Trinajstić information content (AvgIpc) is 1.61. The van der Waals surface area contributed by atoms with Gasteiger partial charge in [0.15, 0.2) is 0 Å². The lowest BCUT2D eigenvalue weighted by Crippen LogP contribution is -1.88. The fourth-order valence-electron chi connectivity index (χ4n) is 0.326. The number of allylic oxidation sites excluding steroid dienone is 1. The van der Waals surface area contributed by atoms with Crippen LogP contribution in [-0.2, 0) is 0 Å². The van der Waals surface area contributed by atoms with Crippen molar-refractivity contribution in [2.45, 2.75) is 25.9 Å². The monoisotopic (exact) mass is 101 g/mol. The third-order valence-corrected chi connectivity index (χ3v) is 0.731. The van der Waals surface area contributed by atoms with Crippen LogP contribution in [0.1, 0.15) is 19.8 Å². The molecule has 0 N–H and O–H groups in total. The zero-order valence-corrected chi connectivity index (χ0v) is 4.52. The highest BCUT2D eigenvalue weighted by molar-refractivity contribution is 4.63. The van der Waals surface area contributed by atoms with Crippen molar-refractivity contribution in [1.29, 1.82) is 0 Å².